The second-order valence-electron chi connectivity index (χ2n) is 10.7. The van der Waals surface area contributed by atoms with Gasteiger partial charge in [-0.05, 0) is 31.5 Å². The number of nitrogens with zero attached hydrogens (tertiary/aromatic N) is 5. The second-order valence-corrected chi connectivity index (χ2v) is 11.0. The van der Waals surface area contributed by atoms with Crippen LogP contribution in [0, 0.1) is 0 Å². The number of carbonyl (C=O) groups excluding carboxylic acids is 3. The van der Waals surface area contributed by atoms with E-state index in [1.807, 2.05) is 56.3 Å². The van der Waals surface area contributed by atoms with Gasteiger partial charge in [0.15, 0.2) is 40.1 Å². The fourth-order valence-corrected chi connectivity index (χ4v) is 4.99. The molecule has 0 aliphatic rings. The average Bonchev–Trinajstić information content (AvgIpc) is 3.42. The number of aryl methyl sites for hydroxylation is 2. The molecule has 6 N–H and O–H groups in total. The maximum atomic E-state index is 12.9. The molecule has 52 heavy (non-hydrogen) atoms. The number of ether oxygens (including phenoxy) is 2. The normalized spacial score (nSPS) is 11.0. The number of aromatic nitrogens is 5. The van der Waals surface area contributed by atoms with Gasteiger partial charge in [0.05, 0.1) is 31.2 Å². The van der Waals surface area contributed by atoms with Gasteiger partial charge in [0, 0.05) is 12.1 Å². The quantitative estimate of drug-likeness (QED) is 0.136. The zero-order valence-electron chi connectivity index (χ0n) is 27.7. The topological polar surface area (TPSA) is 216 Å². The maximum absolute atomic E-state index is 12.9. The lowest BCUT2D eigenvalue weighted by Crippen LogP contribution is -2.40. The summed E-state index contributed by atoms with van der Waals surface area (Å²) in [5, 5.41) is 14.3. The number of pyridine rings is 1. The monoisotopic (exact) mass is 743 g/mol. The summed E-state index contributed by atoms with van der Waals surface area (Å²) in [5.41, 5.74) is 14.7. The highest BCUT2D eigenvalue weighted by Crippen LogP contribution is 2.23. The minimum absolute atomic E-state index is 0.0495. The van der Waals surface area contributed by atoms with Crippen LogP contribution in [0.1, 0.15) is 35.7 Å². The molecule has 0 atom stereocenters. The minimum atomic E-state index is -5.19. The molecule has 0 aliphatic carbocycles. The van der Waals surface area contributed by atoms with Crippen LogP contribution >= 0.6 is 11.6 Å². The molecule has 274 valence electrons. The van der Waals surface area contributed by atoms with Gasteiger partial charge in [0.1, 0.15) is 30.6 Å². The van der Waals surface area contributed by atoms with Crippen LogP contribution in [0.4, 0.5) is 30.5 Å². The Bertz CT molecular complexity index is 2060. The molecular formula is C33H33ClF3N9O6. The van der Waals surface area contributed by atoms with Crippen molar-refractivity contribution < 1.29 is 46.7 Å². The number of nitrogens with two attached hydrogens (primary N) is 2. The lowest BCUT2D eigenvalue weighted by molar-refractivity contribution is -0.676. The number of hydrogen-bond donors (Lipinski definition) is 4. The predicted octanol–water partition coefficient (Wildman–Crippen LogP) is 2.80. The third kappa shape index (κ3) is 9.96. The first-order valence-electron chi connectivity index (χ1n) is 15.5. The summed E-state index contributed by atoms with van der Waals surface area (Å²) in [6, 6.07) is 17.1. The zero-order valence-corrected chi connectivity index (χ0v) is 28.5. The summed E-state index contributed by atoms with van der Waals surface area (Å²) in [4.78, 5) is 46.4. The summed E-state index contributed by atoms with van der Waals surface area (Å²) in [6.45, 7) is 5.63. The number of hydrogen-bond acceptors (Lipinski definition) is 11. The van der Waals surface area contributed by atoms with Gasteiger partial charge < -0.3 is 41.5 Å². The minimum Gasteiger partial charge on any atom is -0.542 e. The van der Waals surface area contributed by atoms with Crippen LogP contribution in [0.5, 0.6) is 11.5 Å². The number of carbonyl (C=O) groups is 3. The molecule has 3 heterocycles. The van der Waals surface area contributed by atoms with Gasteiger partial charge in [-0.3, -0.25) is 14.6 Å². The molecule has 0 unspecified atom stereocenters. The molecular weight excluding hydrogens is 711 g/mol. The summed E-state index contributed by atoms with van der Waals surface area (Å²) in [6.07, 6.45) is -2.06. The van der Waals surface area contributed by atoms with Crippen molar-refractivity contribution in [3.63, 3.8) is 0 Å². The lowest BCUT2D eigenvalue weighted by Gasteiger charge is -2.10. The number of benzene rings is 2. The van der Waals surface area contributed by atoms with E-state index in [1.54, 1.807) is 24.5 Å². The van der Waals surface area contributed by atoms with Crippen molar-refractivity contribution in [3.05, 3.63) is 89.2 Å². The van der Waals surface area contributed by atoms with E-state index >= 15 is 0 Å². The second kappa shape index (κ2) is 17.2. The number of aliphatic carboxylic acids is 1. The van der Waals surface area contributed by atoms with Crippen molar-refractivity contribution in [1.82, 2.24) is 24.8 Å². The largest absolute Gasteiger partial charge is 0.542 e. The molecule has 0 spiro atoms. The van der Waals surface area contributed by atoms with E-state index in [0.717, 1.165) is 22.4 Å². The maximum Gasteiger partial charge on any atom is 0.430 e. The van der Waals surface area contributed by atoms with E-state index in [4.69, 9.17) is 42.4 Å². The van der Waals surface area contributed by atoms with E-state index in [2.05, 4.69) is 34.7 Å². The van der Waals surface area contributed by atoms with Crippen LogP contribution in [-0.4, -0.2) is 50.1 Å². The van der Waals surface area contributed by atoms with Crippen molar-refractivity contribution in [3.8, 4) is 11.5 Å². The van der Waals surface area contributed by atoms with Crippen molar-refractivity contribution in [2.45, 2.75) is 46.3 Å². The number of nitrogens with one attached hydrogen (secondary N) is 2. The Morgan fingerprint density at radius 2 is 1.69 bits per heavy atom. The summed E-state index contributed by atoms with van der Waals surface area (Å²) in [5.74, 6) is -2.15. The first-order valence-corrected chi connectivity index (χ1v) is 15.8. The third-order valence-electron chi connectivity index (χ3n) is 7.16. The highest BCUT2D eigenvalue weighted by molar-refractivity contribution is 6.31. The third-order valence-corrected chi connectivity index (χ3v) is 7.44. The van der Waals surface area contributed by atoms with E-state index in [-0.39, 0.29) is 41.5 Å². The Balaban J connectivity index is 0.000000785. The van der Waals surface area contributed by atoms with Gasteiger partial charge in [-0.1, -0.05) is 41.9 Å². The molecule has 0 saturated carbocycles. The molecule has 15 nitrogen and oxygen atoms in total. The van der Waals surface area contributed by atoms with Gasteiger partial charge in [-0.15, -0.1) is 0 Å². The number of carboxylic acid groups (broad SMARTS) is 1. The van der Waals surface area contributed by atoms with Crippen molar-refractivity contribution >= 4 is 57.7 Å². The number of nitrogen functional groups attached to an aromatic ring is 2. The molecule has 2 aromatic carbocycles. The van der Waals surface area contributed by atoms with Gasteiger partial charge in [0.2, 0.25) is 0 Å². The van der Waals surface area contributed by atoms with E-state index < -0.39 is 18.1 Å². The molecule has 0 saturated heterocycles. The van der Waals surface area contributed by atoms with Crippen LogP contribution in [0.2, 0.25) is 5.15 Å². The predicted molar refractivity (Wildman–Crippen MR) is 181 cm³/mol. The van der Waals surface area contributed by atoms with Crippen LogP contribution in [0.25, 0.3) is 11.0 Å². The van der Waals surface area contributed by atoms with E-state index in [1.165, 1.54) is 0 Å². The Kier molecular flexibility index (Phi) is 12.8. The van der Waals surface area contributed by atoms with Gasteiger partial charge in [0.25, 0.3) is 17.6 Å². The van der Waals surface area contributed by atoms with Crippen LogP contribution in [0.3, 0.4) is 0 Å². The SMILES string of the molecule is CCn1c(CNC(=O)c2nc(Cl)c(N)nc2N)[n+](CC)c2ccc(OCC(=O)Nc3cncc(OCc4ccccc4)c3)cc21.O=C([O-])C(F)(F)F. The first kappa shape index (κ1) is 38.6. The number of amides is 2. The van der Waals surface area contributed by atoms with Gasteiger partial charge >= 0.3 is 6.18 Å². The Morgan fingerprint density at radius 1 is 0.981 bits per heavy atom. The molecule has 0 bridgehead atoms. The lowest BCUT2D eigenvalue weighted by atomic mass is 10.2. The highest BCUT2D eigenvalue weighted by atomic mass is 35.5. The highest BCUT2D eigenvalue weighted by Gasteiger charge is 2.29. The Morgan fingerprint density at radius 3 is 2.35 bits per heavy atom. The molecule has 0 fully saturated rings. The first-order chi connectivity index (χ1) is 24.7. The van der Waals surface area contributed by atoms with E-state index in [9.17, 15) is 22.8 Å². The molecule has 0 aliphatic heterocycles. The number of halogens is 4. The molecule has 5 aromatic rings. The van der Waals surface area contributed by atoms with Crippen LogP contribution in [0.15, 0.2) is 67.0 Å². The zero-order chi connectivity index (χ0) is 38.0. The Hall–Kier alpha value is -6.17. The Labute approximate surface area is 299 Å². The van der Waals surface area contributed by atoms with Crippen LogP contribution in [-0.2, 0) is 35.8 Å². The smallest absolute Gasteiger partial charge is 0.430 e. The molecule has 2 amide bonds. The molecule has 0 radical (unpaired) electrons. The van der Waals surface area contributed by atoms with Crippen molar-refractivity contribution in [2.75, 3.05) is 23.4 Å². The average molecular weight is 744 g/mol. The van der Waals surface area contributed by atoms with Crippen molar-refractivity contribution in [2.24, 2.45) is 0 Å². The number of carboxylic acids is 1. The fourth-order valence-electron chi connectivity index (χ4n) is 4.86. The van der Waals surface area contributed by atoms with Crippen LogP contribution < -0.4 is 41.2 Å². The fraction of sp³-hybridized carbons (Fsp3) is 0.242. The molecule has 3 aromatic heterocycles. The molecule has 5 rings (SSSR count). The van der Waals surface area contributed by atoms with Gasteiger partial charge in [-0.2, -0.15) is 13.2 Å². The summed E-state index contributed by atoms with van der Waals surface area (Å²) < 4.78 is 47.3. The summed E-state index contributed by atoms with van der Waals surface area (Å²) >= 11 is 5.95. The van der Waals surface area contributed by atoms with Gasteiger partial charge in [-0.25, -0.2) is 19.1 Å². The van der Waals surface area contributed by atoms with E-state index in [0.29, 0.717) is 36.9 Å². The number of rotatable bonds is 12. The number of imidazole rings is 1. The standard InChI is InChI=1S/C31H32ClN9O4.C2HF3O2/c1-3-40-23-11-10-21(45-18-25(42)37-20-12-22(15-35-14-20)44-17-19-8-6-5-7-9-19)13-24(23)41(4-2)26(40)16-36-31(43)27-29(33)39-30(34)28(32)38-27;3-2(4,5)1(6)7/h5-15H,3-4,16-18H2,1-2H3,(H5-,33,34,36,37,39,42,43);(H,6,7). The number of fused-ring (bicyclic) bond motifs is 1. The molecule has 19 heteroatoms. The summed E-state index contributed by atoms with van der Waals surface area (Å²) in [7, 11) is 0. The van der Waals surface area contributed by atoms with Crippen molar-refractivity contribution in [1.29, 1.82) is 0 Å². The number of anilines is 3. The number of alkyl halides is 3.